The lowest BCUT2D eigenvalue weighted by atomic mass is 10.2. The first kappa shape index (κ1) is 19.6. The van der Waals surface area contributed by atoms with E-state index < -0.39 is 0 Å². The predicted molar refractivity (Wildman–Crippen MR) is 107 cm³/mol. The molecule has 1 aliphatic heterocycles. The summed E-state index contributed by atoms with van der Waals surface area (Å²) in [6.45, 7) is 1.99. The van der Waals surface area contributed by atoms with Crippen LogP contribution in [0.5, 0.6) is 5.75 Å². The SMILES string of the molecule is O=C(CCc1nnc(-c2cccc(OCC3CC3)c2)[nH]c1=O)NCC1CCCO1. The van der Waals surface area contributed by atoms with Gasteiger partial charge in [0.25, 0.3) is 5.56 Å². The molecule has 0 bridgehead atoms. The molecule has 1 aromatic heterocycles. The van der Waals surface area contributed by atoms with Crippen LogP contribution in [-0.2, 0) is 16.0 Å². The van der Waals surface area contributed by atoms with Crippen LogP contribution in [0.2, 0.25) is 0 Å². The third-order valence-electron chi connectivity index (χ3n) is 5.19. The molecule has 1 atom stereocenters. The molecule has 0 radical (unpaired) electrons. The summed E-state index contributed by atoms with van der Waals surface area (Å²) in [7, 11) is 0. The van der Waals surface area contributed by atoms with Crippen molar-refractivity contribution in [3.63, 3.8) is 0 Å². The maximum atomic E-state index is 12.4. The third kappa shape index (κ3) is 5.63. The lowest BCUT2D eigenvalue weighted by Gasteiger charge is -2.10. The van der Waals surface area contributed by atoms with Crippen molar-refractivity contribution >= 4 is 5.91 Å². The first-order chi connectivity index (χ1) is 14.2. The molecule has 1 aliphatic carbocycles. The molecule has 8 nitrogen and oxygen atoms in total. The van der Waals surface area contributed by atoms with E-state index in [9.17, 15) is 9.59 Å². The van der Waals surface area contributed by atoms with Crippen molar-refractivity contribution < 1.29 is 14.3 Å². The van der Waals surface area contributed by atoms with E-state index in [-0.39, 0.29) is 36.1 Å². The van der Waals surface area contributed by atoms with Crippen LogP contribution in [0, 0.1) is 5.92 Å². The van der Waals surface area contributed by atoms with E-state index in [1.807, 2.05) is 24.3 Å². The second kappa shape index (κ2) is 9.17. The molecule has 1 saturated heterocycles. The summed E-state index contributed by atoms with van der Waals surface area (Å²) in [4.78, 5) is 27.1. The summed E-state index contributed by atoms with van der Waals surface area (Å²) in [5.41, 5.74) is 0.664. The van der Waals surface area contributed by atoms with Crippen molar-refractivity contribution in [3.8, 4) is 17.1 Å². The van der Waals surface area contributed by atoms with E-state index in [1.54, 1.807) is 0 Å². The molecule has 1 unspecified atom stereocenters. The number of amides is 1. The Morgan fingerprint density at radius 1 is 1.28 bits per heavy atom. The molecule has 154 valence electrons. The standard InChI is InChI=1S/C21H26N4O4/c26-19(22-12-17-5-2-10-28-17)9-8-18-21(27)23-20(25-24-18)15-3-1-4-16(11-15)29-13-14-6-7-14/h1,3-4,11,14,17H,2,5-10,12-13H2,(H,22,26)(H,23,25,27). The Morgan fingerprint density at radius 2 is 2.17 bits per heavy atom. The lowest BCUT2D eigenvalue weighted by molar-refractivity contribution is -0.121. The number of nitrogens with zero attached hydrogens (tertiary/aromatic N) is 2. The number of carbonyl (C=O) groups excluding carboxylic acids is 1. The molecular formula is C21H26N4O4. The number of aromatic nitrogens is 3. The largest absolute Gasteiger partial charge is 0.493 e. The average molecular weight is 398 g/mol. The van der Waals surface area contributed by atoms with Crippen molar-refractivity contribution in [2.45, 2.75) is 44.6 Å². The summed E-state index contributed by atoms with van der Waals surface area (Å²) in [5.74, 6) is 1.69. The molecule has 2 N–H and O–H groups in total. The van der Waals surface area contributed by atoms with E-state index in [4.69, 9.17) is 9.47 Å². The number of rotatable bonds is 9. The van der Waals surface area contributed by atoms with Crippen molar-refractivity contribution in [3.05, 3.63) is 40.3 Å². The van der Waals surface area contributed by atoms with Crippen molar-refractivity contribution in [2.24, 2.45) is 5.92 Å². The fourth-order valence-electron chi connectivity index (χ4n) is 3.24. The zero-order chi connectivity index (χ0) is 20.1. The summed E-state index contributed by atoms with van der Waals surface area (Å²) < 4.78 is 11.3. The van der Waals surface area contributed by atoms with Crippen molar-refractivity contribution in [2.75, 3.05) is 19.8 Å². The number of ether oxygens (including phenoxy) is 2. The van der Waals surface area contributed by atoms with Crippen LogP contribution in [0.3, 0.4) is 0 Å². The molecular weight excluding hydrogens is 372 g/mol. The first-order valence-electron chi connectivity index (χ1n) is 10.2. The number of aryl methyl sites for hydroxylation is 1. The van der Waals surface area contributed by atoms with E-state index in [2.05, 4.69) is 20.5 Å². The van der Waals surface area contributed by atoms with Gasteiger partial charge >= 0.3 is 0 Å². The Labute approximate surface area is 169 Å². The molecule has 2 fully saturated rings. The normalized spacial score (nSPS) is 18.6. The number of aromatic amines is 1. The third-order valence-corrected chi connectivity index (χ3v) is 5.19. The van der Waals surface area contributed by atoms with E-state index in [0.717, 1.165) is 37.4 Å². The average Bonchev–Trinajstić information content (AvgIpc) is 3.42. The van der Waals surface area contributed by atoms with Gasteiger partial charge < -0.3 is 19.8 Å². The summed E-state index contributed by atoms with van der Waals surface area (Å²) in [6, 6.07) is 7.45. The molecule has 1 amide bonds. The number of hydrogen-bond donors (Lipinski definition) is 2. The van der Waals surface area contributed by atoms with Gasteiger partial charge in [-0.1, -0.05) is 12.1 Å². The number of H-pyrrole nitrogens is 1. The lowest BCUT2D eigenvalue weighted by Crippen LogP contribution is -2.32. The molecule has 0 spiro atoms. The fourth-order valence-corrected chi connectivity index (χ4v) is 3.24. The fraction of sp³-hybridized carbons (Fsp3) is 0.524. The quantitative estimate of drug-likeness (QED) is 0.668. The maximum absolute atomic E-state index is 12.4. The maximum Gasteiger partial charge on any atom is 0.273 e. The smallest absolute Gasteiger partial charge is 0.273 e. The van der Waals surface area contributed by atoms with Crippen molar-refractivity contribution in [1.29, 1.82) is 0 Å². The molecule has 29 heavy (non-hydrogen) atoms. The van der Waals surface area contributed by atoms with Crippen LogP contribution in [0.15, 0.2) is 29.1 Å². The second-order valence-corrected chi connectivity index (χ2v) is 7.67. The highest BCUT2D eigenvalue weighted by Gasteiger charge is 2.22. The number of benzene rings is 1. The number of hydrogen-bond acceptors (Lipinski definition) is 6. The highest BCUT2D eigenvalue weighted by Crippen LogP contribution is 2.30. The van der Waals surface area contributed by atoms with Crippen LogP contribution in [0.25, 0.3) is 11.4 Å². The van der Waals surface area contributed by atoms with Crippen LogP contribution in [0.4, 0.5) is 0 Å². The highest BCUT2D eigenvalue weighted by atomic mass is 16.5. The zero-order valence-electron chi connectivity index (χ0n) is 16.4. The van der Waals surface area contributed by atoms with E-state index in [1.165, 1.54) is 12.8 Å². The van der Waals surface area contributed by atoms with Crippen LogP contribution in [-0.4, -0.2) is 47.0 Å². The van der Waals surface area contributed by atoms with Gasteiger partial charge in [-0.2, -0.15) is 0 Å². The molecule has 2 aromatic rings. The summed E-state index contributed by atoms with van der Waals surface area (Å²) in [6.07, 6.45) is 5.00. The molecule has 1 aromatic carbocycles. The Balaban J connectivity index is 1.32. The van der Waals surface area contributed by atoms with Gasteiger partial charge in [0, 0.05) is 31.6 Å². The monoisotopic (exact) mass is 398 g/mol. The molecule has 2 heterocycles. The molecule has 8 heteroatoms. The Hall–Kier alpha value is -2.74. The zero-order valence-corrected chi connectivity index (χ0v) is 16.4. The summed E-state index contributed by atoms with van der Waals surface area (Å²) in [5, 5.41) is 11.0. The van der Waals surface area contributed by atoms with Gasteiger partial charge in [0.05, 0.1) is 12.7 Å². The number of nitrogens with one attached hydrogen (secondary N) is 2. The van der Waals surface area contributed by atoms with Gasteiger partial charge in [-0.3, -0.25) is 9.59 Å². The van der Waals surface area contributed by atoms with E-state index >= 15 is 0 Å². The highest BCUT2D eigenvalue weighted by molar-refractivity contribution is 5.76. The van der Waals surface area contributed by atoms with Gasteiger partial charge in [0.1, 0.15) is 11.4 Å². The minimum atomic E-state index is -0.328. The van der Waals surface area contributed by atoms with Crippen LogP contribution in [0.1, 0.15) is 37.8 Å². The van der Waals surface area contributed by atoms with Gasteiger partial charge in [0.2, 0.25) is 5.91 Å². The Morgan fingerprint density at radius 3 is 2.93 bits per heavy atom. The second-order valence-electron chi connectivity index (χ2n) is 7.67. The first-order valence-corrected chi connectivity index (χ1v) is 10.2. The summed E-state index contributed by atoms with van der Waals surface area (Å²) >= 11 is 0. The van der Waals surface area contributed by atoms with Gasteiger partial charge in [0.15, 0.2) is 5.82 Å². The van der Waals surface area contributed by atoms with Crippen molar-refractivity contribution in [1.82, 2.24) is 20.5 Å². The Bertz CT molecular complexity index is 904. The molecule has 1 saturated carbocycles. The van der Waals surface area contributed by atoms with Gasteiger partial charge in [-0.05, 0) is 43.7 Å². The minimum absolute atomic E-state index is 0.102. The molecule has 4 rings (SSSR count). The molecule has 2 aliphatic rings. The Kier molecular flexibility index (Phi) is 6.19. The number of carbonyl (C=O) groups is 1. The topological polar surface area (TPSA) is 106 Å². The van der Waals surface area contributed by atoms with Gasteiger partial charge in [-0.25, -0.2) is 0 Å². The van der Waals surface area contributed by atoms with Gasteiger partial charge in [-0.15, -0.1) is 10.2 Å². The minimum Gasteiger partial charge on any atom is -0.493 e. The van der Waals surface area contributed by atoms with E-state index in [0.29, 0.717) is 18.3 Å². The van der Waals surface area contributed by atoms with Crippen LogP contribution < -0.4 is 15.6 Å². The van der Waals surface area contributed by atoms with Crippen LogP contribution >= 0.6 is 0 Å². The predicted octanol–water partition coefficient (Wildman–Crippen LogP) is 1.85.